The summed E-state index contributed by atoms with van der Waals surface area (Å²) in [6, 6.07) is 22.5. The molecule has 0 saturated carbocycles. The molecule has 0 fully saturated rings. The molecule has 1 N–H and O–H groups in total. The molecule has 4 aromatic rings. The smallest absolute Gasteiger partial charge is 0.253 e. The maximum Gasteiger partial charge on any atom is 0.253 e. The van der Waals surface area contributed by atoms with Crippen LogP contribution in [0.3, 0.4) is 0 Å². The number of nitrogens with zero attached hydrogens (tertiary/aromatic N) is 3. The Labute approximate surface area is 270 Å². The summed E-state index contributed by atoms with van der Waals surface area (Å²) in [7, 11) is 8.25. The molecule has 1 aromatic heterocycles. The number of carbonyl (C=O) groups excluding carboxylic acids is 2. The first-order chi connectivity index (χ1) is 22.2. The summed E-state index contributed by atoms with van der Waals surface area (Å²) in [6.45, 7) is 3.07. The van der Waals surface area contributed by atoms with Gasteiger partial charge in [-0.05, 0) is 73.4 Å². The molecule has 0 aliphatic carbocycles. The lowest BCUT2D eigenvalue weighted by Gasteiger charge is -2.16. The van der Waals surface area contributed by atoms with E-state index in [1.165, 1.54) is 4.90 Å². The molecule has 0 bridgehead atoms. The van der Waals surface area contributed by atoms with Crippen molar-refractivity contribution in [2.45, 2.75) is 26.2 Å². The molecule has 0 aliphatic rings. The highest BCUT2D eigenvalue weighted by Crippen LogP contribution is 2.33. The van der Waals surface area contributed by atoms with Crippen molar-refractivity contribution in [1.29, 1.82) is 0 Å². The van der Waals surface area contributed by atoms with Crippen molar-refractivity contribution in [2.24, 2.45) is 0 Å². The highest BCUT2D eigenvalue weighted by molar-refractivity contribution is 6.24. The second kappa shape index (κ2) is 16.3. The van der Waals surface area contributed by atoms with Gasteiger partial charge in [-0.25, -0.2) is 4.68 Å². The van der Waals surface area contributed by atoms with Gasteiger partial charge in [0.1, 0.15) is 17.2 Å². The third-order valence-corrected chi connectivity index (χ3v) is 7.29. The van der Waals surface area contributed by atoms with E-state index in [9.17, 15) is 9.59 Å². The van der Waals surface area contributed by atoms with Gasteiger partial charge in [-0.2, -0.15) is 5.10 Å². The first-order valence-electron chi connectivity index (χ1n) is 15.1. The molecule has 0 unspecified atom stereocenters. The lowest BCUT2D eigenvalue weighted by atomic mass is 10.0. The van der Waals surface area contributed by atoms with Crippen LogP contribution in [0.1, 0.15) is 35.2 Å². The van der Waals surface area contributed by atoms with Gasteiger partial charge in [0.2, 0.25) is 11.8 Å². The molecule has 0 radical (unpaired) electrons. The lowest BCUT2D eigenvalue weighted by molar-refractivity contribution is -0.122. The summed E-state index contributed by atoms with van der Waals surface area (Å²) in [4.78, 5) is 27.4. The summed E-state index contributed by atoms with van der Waals surface area (Å²) in [5.74, 6) is 2.14. The number of aromatic nitrogens is 2. The first-order valence-corrected chi connectivity index (χ1v) is 15.1. The Bertz CT molecular complexity index is 1620. The predicted octanol–water partition coefficient (Wildman–Crippen LogP) is 5.70. The maximum atomic E-state index is 13.3. The summed E-state index contributed by atoms with van der Waals surface area (Å²) in [6.07, 6.45) is 3.31. The fraction of sp³-hybridized carbons (Fsp3) is 0.306. The van der Waals surface area contributed by atoms with Crippen molar-refractivity contribution in [2.75, 3.05) is 48.6 Å². The van der Waals surface area contributed by atoms with Crippen LogP contribution < -0.4 is 19.5 Å². The number of benzene rings is 3. The maximum absolute atomic E-state index is 13.3. The number of hydrogen-bond acceptors (Lipinski definition) is 7. The number of rotatable bonds is 15. The van der Waals surface area contributed by atoms with Gasteiger partial charge in [0.15, 0.2) is 0 Å². The molecule has 0 aliphatic heterocycles. The Kier molecular flexibility index (Phi) is 12.0. The molecule has 10 nitrogen and oxygen atoms in total. The van der Waals surface area contributed by atoms with Crippen LogP contribution in [0.2, 0.25) is 0 Å². The number of likely N-dealkylation sites (N-methyl/N-ethyl adjacent to an activating group) is 1. The van der Waals surface area contributed by atoms with Crippen molar-refractivity contribution < 1.29 is 28.5 Å². The average Bonchev–Trinajstić information content (AvgIpc) is 3.38. The zero-order valence-corrected chi connectivity index (χ0v) is 27.3. The zero-order valence-electron chi connectivity index (χ0n) is 27.3. The normalized spacial score (nSPS) is 11.2. The van der Waals surface area contributed by atoms with Gasteiger partial charge in [0.25, 0.3) is 5.91 Å². The van der Waals surface area contributed by atoms with Crippen LogP contribution in [-0.4, -0.2) is 75.1 Å². The van der Waals surface area contributed by atoms with Crippen LogP contribution in [-0.2, 0) is 20.7 Å². The van der Waals surface area contributed by atoms with Gasteiger partial charge in [-0.15, -0.1) is 0 Å². The van der Waals surface area contributed by atoms with Crippen molar-refractivity contribution in [3.8, 4) is 28.8 Å². The molecule has 1 heterocycles. The fourth-order valence-corrected chi connectivity index (χ4v) is 4.85. The van der Waals surface area contributed by atoms with Crippen LogP contribution in [0.5, 0.6) is 23.1 Å². The van der Waals surface area contributed by atoms with E-state index in [2.05, 4.69) is 5.32 Å². The standard InChI is InChI=1S/C36H42N4O6/c1-25-32(17-18-34(41)37-19-10-20-43-4)36(40(38-25)28-11-8-7-9-12-28)46-29-15-13-27(14-16-29)33(35(42)39(2)3)23-26-21-30(44-5)24-31(22-26)45-6/h7-9,11-16,21-24H,10,17-20H2,1-6H3,(H,37,41). The van der Waals surface area contributed by atoms with Gasteiger partial charge in [0.05, 0.1) is 25.6 Å². The monoisotopic (exact) mass is 626 g/mol. The molecule has 0 spiro atoms. The Balaban J connectivity index is 1.64. The van der Waals surface area contributed by atoms with Crippen molar-refractivity contribution in [3.05, 3.63) is 95.2 Å². The van der Waals surface area contributed by atoms with Crippen LogP contribution in [0.25, 0.3) is 17.3 Å². The van der Waals surface area contributed by atoms with Crippen LogP contribution in [0.4, 0.5) is 0 Å². The molecule has 242 valence electrons. The number of methoxy groups -OCH3 is 3. The predicted molar refractivity (Wildman–Crippen MR) is 179 cm³/mol. The van der Waals surface area contributed by atoms with E-state index in [0.717, 1.165) is 28.9 Å². The summed E-state index contributed by atoms with van der Waals surface area (Å²) < 4.78 is 24.1. The van der Waals surface area contributed by atoms with E-state index in [-0.39, 0.29) is 11.8 Å². The molecule has 4 rings (SSSR count). The molecule has 2 amide bonds. The summed E-state index contributed by atoms with van der Waals surface area (Å²) >= 11 is 0. The number of carbonyl (C=O) groups is 2. The van der Waals surface area contributed by atoms with E-state index in [0.29, 0.717) is 60.3 Å². The highest BCUT2D eigenvalue weighted by Gasteiger charge is 2.21. The van der Waals surface area contributed by atoms with Crippen molar-refractivity contribution in [1.82, 2.24) is 20.0 Å². The number of nitrogens with one attached hydrogen (secondary N) is 1. The first kappa shape index (κ1) is 33.8. The summed E-state index contributed by atoms with van der Waals surface area (Å²) in [5.41, 5.74) is 4.42. The van der Waals surface area contributed by atoms with E-state index in [4.69, 9.17) is 24.0 Å². The second-order valence-corrected chi connectivity index (χ2v) is 10.8. The topological polar surface area (TPSA) is 104 Å². The molecular formula is C36H42N4O6. The van der Waals surface area contributed by atoms with E-state index in [1.807, 2.05) is 79.7 Å². The molecule has 3 aromatic carbocycles. The number of ether oxygens (including phenoxy) is 4. The third-order valence-electron chi connectivity index (χ3n) is 7.29. The van der Waals surface area contributed by atoms with Crippen molar-refractivity contribution in [3.63, 3.8) is 0 Å². The molecule has 0 saturated heterocycles. The van der Waals surface area contributed by atoms with Gasteiger partial charge < -0.3 is 29.2 Å². The number of hydrogen-bond donors (Lipinski definition) is 1. The SMILES string of the molecule is COCCCNC(=O)CCc1c(C)nn(-c2ccccc2)c1Oc1ccc(C(=Cc2cc(OC)cc(OC)c2)C(=O)N(C)C)cc1. The minimum absolute atomic E-state index is 0.0446. The summed E-state index contributed by atoms with van der Waals surface area (Å²) in [5, 5.41) is 7.71. The van der Waals surface area contributed by atoms with E-state index < -0.39 is 0 Å². The molecule has 46 heavy (non-hydrogen) atoms. The van der Waals surface area contributed by atoms with Crippen LogP contribution in [0.15, 0.2) is 72.8 Å². The highest BCUT2D eigenvalue weighted by atomic mass is 16.5. The largest absolute Gasteiger partial charge is 0.497 e. The van der Waals surface area contributed by atoms with E-state index >= 15 is 0 Å². The van der Waals surface area contributed by atoms with Crippen molar-refractivity contribution >= 4 is 23.5 Å². The average molecular weight is 627 g/mol. The number of para-hydroxylation sites is 1. The molecule has 0 atom stereocenters. The minimum atomic E-state index is -0.156. The number of amides is 2. The van der Waals surface area contributed by atoms with Crippen LogP contribution >= 0.6 is 0 Å². The Morgan fingerprint density at radius 1 is 0.913 bits per heavy atom. The van der Waals surface area contributed by atoms with E-state index in [1.54, 1.807) is 46.2 Å². The molecular weight excluding hydrogens is 584 g/mol. The van der Waals surface area contributed by atoms with Gasteiger partial charge >= 0.3 is 0 Å². The lowest BCUT2D eigenvalue weighted by Crippen LogP contribution is -2.25. The molecule has 10 heteroatoms. The third kappa shape index (κ3) is 8.76. The number of aryl methyl sites for hydroxylation is 1. The zero-order chi connectivity index (χ0) is 33.1. The Morgan fingerprint density at radius 2 is 1.59 bits per heavy atom. The Hall–Kier alpha value is -5.09. The quantitative estimate of drug-likeness (QED) is 0.103. The van der Waals surface area contributed by atoms with Gasteiger partial charge in [-0.1, -0.05) is 30.3 Å². The minimum Gasteiger partial charge on any atom is -0.497 e. The van der Waals surface area contributed by atoms with Gasteiger partial charge in [-0.3, -0.25) is 9.59 Å². The van der Waals surface area contributed by atoms with Crippen LogP contribution in [0, 0.1) is 6.92 Å². The van der Waals surface area contributed by atoms with Gasteiger partial charge in [0, 0.05) is 58.0 Å². The second-order valence-electron chi connectivity index (χ2n) is 10.8. The fourth-order valence-electron chi connectivity index (χ4n) is 4.85. The Morgan fingerprint density at radius 3 is 2.20 bits per heavy atom.